The number of carbonyl (C=O) groups is 2. The van der Waals surface area contributed by atoms with Crippen LogP contribution in [0.5, 0.6) is 0 Å². The number of nitrogens with two attached hydrogens (primary N) is 2. The molecule has 0 aromatic heterocycles. The summed E-state index contributed by atoms with van der Waals surface area (Å²) in [7, 11) is 2.92. The lowest BCUT2D eigenvalue weighted by Crippen LogP contribution is -2.73. The molecule has 0 spiro atoms. The number of amides is 2. The van der Waals surface area contributed by atoms with Crippen molar-refractivity contribution in [3.05, 3.63) is 0 Å². The molecule has 9 heteroatoms. The summed E-state index contributed by atoms with van der Waals surface area (Å²) in [6.45, 7) is 0. The number of hydrogen-bond donors (Lipinski definition) is 7. The van der Waals surface area contributed by atoms with E-state index in [1.807, 2.05) is 0 Å². The van der Waals surface area contributed by atoms with Gasteiger partial charge in [-0.25, -0.2) is 0 Å². The van der Waals surface area contributed by atoms with E-state index in [-0.39, 0.29) is 11.5 Å². The Bertz CT molecular complexity index is 298. The molecule has 0 aromatic rings. The highest BCUT2D eigenvalue weighted by Crippen LogP contribution is 2.04. The molecule has 0 saturated heterocycles. The Morgan fingerprint density at radius 3 is 1.82 bits per heavy atom. The van der Waals surface area contributed by atoms with Gasteiger partial charge in [0.15, 0.2) is 11.3 Å². The van der Waals surface area contributed by atoms with E-state index < -0.39 is 23.1 Å². The van der Waals surface area contributed by atoms with Gasteiger partial charge in [-0.15, -0.1) is 0 Å². The maximum atomic E-state index is 11.9. The van der Waals surface area contributed by atoms with Gasteiger partial charge in [0.05, 0.1) is 0 Å². The zero-order valence-electron chi connectivity index (χ0n) is 9.78. The minimum absolute atomic E-state index is 0.0474. The lowest BCUT2D eigenvalue weighted by Gasteiger charge is -2.32. The third kappa shape index (κ3) is 3.75. The normalized spacial score (nSPS) is 17.8. The lowest BCUT2D eigenvalue weighted by molar-refractivity contribution is -0.135. The van der Waals surface area contributed by atoms with E-state index in [9.17, 15) is 9.59 Å². The van der Waals surface area contributed by atoms with Crippen molar-refractivity contribution in [2.24, 2.45) is 11.5 Å². The number of hydrogen-bond acceptors (Lipinski definition) is 7. The van der Waals surface area contributed by atoms with Crippen LogP contribution in [0.15, 0.2) is 0 Å². The maximum Gasteiger partial charge on any atom is 0.261 e. The van der Waals surface area contributed by atoms with E-state index in [1.165, 1.54) is 14.1 Å². The summed E-state index contributed by atoms with van der Waals surface area (Å²) < 4.78 is 0. The highest BCUT2D eigenvalue weighted by atomic mass is 32.1. The van der Waals surface area contributed by atoms with Crippen LogP contribution in [-0.2, 0) is 9.59 Å². The zero-order valence-corrected chi connectivity index (χ0v) is 11.6. The van der Waals surface area contributed by atoms with E-state index in [4.69, 9.17) is 11.5 Å². The minimum atomic E-state index is -1.61. The first-order chi connectivity index (χ1) is 7.79. The van der Waals surface area contributed by atoms with Gasteiger partial charge >= 0.3 is 0 Å². The summed E-state index contributed by atoms with van der Waals surface area (Å²) in [6, 6.07) is 0. The molecular weight excluding hydrogens is 262 g/mol. The fourth-order valence-corrected chi connectivity index (χ4v) is 1.49. The molecule has 7 nitrogen and oxygen atoms in total. The summed E-state index contributed by atoms with van der Waals surface area (Å²) >= 11 is 7.91. The SMILES string of the molecule is CNC(=O)C(N)(CS)NC(=O)[C@](N)(CS)NC. The molecule has 0 saturated carbocycles. The second-order valence-corrected chi connectivity index (χ2v) is 4.17. The monoisotopic (exact) mass is 281 g/mol. The Hall–Kier alpha value is -0.480. The molecule has 17 heavy (non-hydrogen) atoms. The van der Waals surface area contributed by atoms with Gasteiger partial charge in [0.25, 0.3) is 11.8 Å². The zero-order chi connectivity index (χ0) is 13.7. The van der Waals surface area contributed by atoms with Crippen LogP contribution in [0.25, 0.3) is 0 Å². The number of likely N-dealkylation sites (N-methyl/N-ethyl adjacent to an activating group) is 2. The topological polar surface area (TPSA) is 122 Å². The van der Waals surface area contributed by atoms with Gasteiger partial charge in [-0.2, -0.15) is 25.3 Å². The third-order valence-corrected chi connectivity index (χ3v) is 3.32. The van der Waals surface area contributed by atoms with Crippen LogP contribution in [-0.4, -0.2) is 48.7 Å². The van der Waals surface area contributed by atoms with Crippen LogP contribution < -0.4 is 27.4 Å². The molecule has 2 amide bonds. The van der Waals surface area contributed by atoms with Crippen molar-refractivity contribution in [3.63, 3.8) is 0 Å². The molecule has 100 valence electrons. The molecule has 0 heterocycles. The van der Waals surface area contributed by atoms with Gasteiger partial charge in [0, 0.05) is 18.6 Å². The van der Waals surface area contributed by atoms with Gasteiger partial charge in [0.1, 0.15) is 0 Å². The van der Waals surface area contributed by atoms with Crippen molar-refractivity contribution in [1.29, 1.82) is 0 Å². The average Bonchev–Trinajstić information content (AvgIpc) is 2.36. The predicted molar refractivity (Wildman–Crippen MR) is 72.8 cm³/mol. The molecule has 2 atom stereocenters. The first-order valence-corrected chi connectivity index (χ1v) is 6.09. The standard InChI is InChI=1S/C8H19N5O2S2/c1-11-5(14)8(10,4-17)13-6(15)7(9,3-16)12-2/h12,16-17H,3-4,9-10H2,1-2H3,(H,11,14)(H,13,15)/t7-,8?/m0/s1. The van der Waals surface area contributed by atoms with Crippen LogP contribution in [0.1, 0.15) is 0 Å². The van der Waals surface area contributed by atoms with E-state index in [2.05, 4.69) is 41.2 Å². The van der Waals surface area contributed by atoms with Crippen molar-refractivity contribution >= 4 is 37.1 Å². The molecule has 0 fully saturated rings. The molecule has 0 rings (SSSR count). The Morgan fingerprint density at radius 1 is 1.06 bits per heavy atom. The van der Waals surface area contributed by atoms with Crippen molar-refractivity contribution in [2.75, 3.05) is 25.6 Å². The van der Waals surface area contributed by atoms with E-state index in [0.717, 1.165) is 0 Å². The van der Waals surface area contributed by atoms with Crippen LogP contribution in [0.2, 0.25) is 0 Å². The molecule has 0 aromatic carbocycles. The van der Waals surface area contributed by atoms with E-state index in [0.29, 0.717) is 0 Å². The van der Waals surface area contributed by atoms with Crippen LogP contribution in [0, 0.1) is 0 Å². The second kappa shape index (κ2) is 6.45. The van der Waals surface area contributed by atoms with Crippen LogP contribution >= 0.6 is 25.3 Å². The smallest absolute Gasteiger partial charge is 0.261 e. The van der Waals surface area contributed by atoms with Gasteiger partial charge in [0.2, 0.25) is 0 Å². The third-order valence-electron chi connectivity index (χ3n) is 2.32. The summed E-state index contributed by atoms with van der Waals surface area (Å²) in [5, 5.41) is 7.30. The summed E-state index contributed by atoms with van der Waals surface area (Å²) in [5.41, 5.74) is 8.45. The first-order valence-electron chi connectivity index (χ1n) is 4.83. The van der Waals surface area contributed by atoms with Crippen molar-refractivity contribution in [2.45, 2.75) is 11.3 Å². The summed E-state index contributed by atoms with van der Waals surface area (Å²) in [6.07, 6.45) is 0. The predicted octanol–water partition coefficient (Wildman–Crippen LogP) is -2.76. The van der Waals surface area contributed by atoms with Crippen molar-refractivity contribution in [3.8, 4) is 0 Å². The van der Waals surface area contributed by atoms with E-state index >= 15 is 0 Å². The molecule has 7 N–H and O–H groups in total. The second-order valence-electron chi connectivity index (χ2n) is 3.54. The highest BCUT2D eigenvalue weighted by molar-refractivity contribution is 7.80. The van der Waals surface area contributed by atoms with Crippen molar-refractivity contribution in [1.82, 2.24) is 16.0 Å². The molecule has 0 bridgehead atoms. The molecule has 1 unspecified atom stereocenters. The number of thiol groups is 2. The van der Waals surface area contributed by atoms with Gasteiger partial charge < -0.3 is 22.1 Å². The molecule has 0 radical (unpaired) electrons. The van der Waals surface area contributed by atoms with Gasteiger partial charge in [-0.1, -0.05) is 0 Å². The summed E-state index contributed by atoms with van der Waals surface area (Å²) in [4.78, 5) is 23.4. The largest absolute Gasteiger partial charge is 0.356 e. The first kappa shape index (κ1) is 16.5. The van der Waals surface area contributed by atoms with E-state index in [1.54, 1.807) is 0 Å². The fourth-order valence-electron chi connectivity index (χ4n) is 0.970. The van der Waals surface area contributed by atoms with Crippen molar-refractivity contribution < 1.29 is 9.59 Å². The Kier molecular flexibility index (Phi) is 6.27. The number of rotatable bonds is 6. The number of nitrogens with one attached hydrogen (secondary N) is 3. The quantitative estimate of drug-likeness (QED) is 0.210. The highest BCUT2D eigenvalue weighted by Gasteiger charge is 2.39. The Balaban J connectivity index is 4.92. The van der Waals surface area contributed by atoms with Crippen LogP contribution in [0.4, 0.5) is 0 Å². The fraction of sp³-hybridized carbons (Fsp3) is 0.750. The molecular formula is C8H19N5O2S2. The van der Waals surface area contributed by atoms with Gasteiger partial charge in [-0.3, -0.25) is 14.9 Å². The van der Waals surface area contributed by atoms with Gasteiger partial charge in [-0.05, 0) is 7.05 Å². The Labute approximate surface area is 111 Å². The number of carbonyl (C=O) groups excluding carboxylic acids is 2. The molecule has 0 aliphatic heterocycles. The average molecular weight is 281 g/mol. The lowest BCUT2D eigenvalue weighted by atomic mass is 10.1. The van der Waals surface area contributed by atoms with Crippen LogP contribution in [0.3, 0.4) is 0 Å². The maximum absolute atomic E-state index is 11.9. The molecule has 0 aliphatic rings. The summed E-state index contributed by atoms with van der Waals surface area (Å²) in [5.74, 6) is -1.20. The minimum Gasteiger partial charge on any atom is -0.356 e. The molecule has 0 aliphatic carbocycles. The Morgan fingerprint density at radius 2 is 1.53 bits per heavy atom.